The molecule has 0 amide bonds. The minimum absolute atomic E-state index is 0.377. The molecule has 2 nitrogen and oxygen atoms in total. The van der Waals surface area contributed by atoms with E-state index in [1.54, 1.807) is 36.5 Å². The molecular formula is C12H6Cl2N2. The van der Waals surface area contributed by atoms with Crippen molar-refractivity contribution in [2.24, 2.45) is 0 Å². The maximum absolute atomic E-state index is 8.64. The van der Waals surface area contributed by atoms with E-state index >= 15 is 0 Å². The first-order valence-electron chi connectivity index (χ1n) is 4.52. The van der Waals surface area contributed by atoms with E-state index in [0.29, 0.717) is 15.7 Å². The van der Waals surface area contributed by atoms with Gasteiger partial charge in [-0.2, -0.15) is 5.26 Å². The smallest absolute Gasteiger partial charge is 0.140 e. The summed E-state index contributed by atoms with van der Waals surface area (Å²) in [6.45, 7) is 0. The van der Waals surface area contributed by atoms with Crippen molar-refractivity contribution < 1.29 is 0 Å². The monoisotopic (exact) mass is 248 g/mol. The van der Waals surface area contributed by atoms with Crippen LogP contribution < -0.4 is 0 Å². The Labute approximate surface area is 103 Å². The second kappa shape index (κ2) is 4.52. The van der Waals surface area contributed by atoms with Crippen LogP contribution in [-0.2, 0) is 0 Å². The van der Waals surface area contributed by atoms with Crippen molar-refractivity contribution in [2.75, 3.05) is 0 Å². The Morgan fingerprint density at radius 3 is 2.56 bits per heavy atom. The highest BCUT2D eigenvalue weighted by molar-refractivity contribution is 6.35. The van der Waals surface area contributed by atoms with Crippen LogP contribution in [0.1, 0.15) is 5.69 Å². The summed E-state index contributed by atoms with van der Waals surface area (Å²) in [5.41, 5.74) is 2.03. The van der Waals surface area contributed by atoms with Gasteiger partial charge in [-0.25, -0.2) is 4.98 Å². The Bertz CT molecular complexity index is 556. The third-order valence-electron chi connectivity index (χ3n) is 2.12. The highest BCUT2D eigenvalue weighted by Gasteiger charge is 2.04. The normalized spacial score (nSPS) is 9.81. The predicted molar refractivity (Wildman–Crippen MR) is 64.4 cm³/mol. The van der Waals surface area contributed by atoms with E-state index in [-0.39, 0.29) is 0 Å². The number of nitrogens with zero attached hydrogens (tertiary/aromatic N) is 2. The van der Waals surface area contributed by atoms with Gasteiger partial charge in [0.25, 0.3) is 0 Å². The summed E-state index contributed by atoms with van der Waals surface area (Å²) in [4.78, 5) is 3.98. The van der Waals surface area contributed by atoms with E-state index < -0.39 is 0 Å². The van der Waals surface area contributed by atoms with E-state index in [4.69, 9.17) is 28.5 Å². The van der Waals surface area contributed by atoms with Gasteiger partial charge in [0.2, 0.25) is 0 Å². The fourth-order valence-corrected chi connectivity index (χ4v) is 1.74. The Morgan fingerprint density at radius 2 is 1.94 bits per heavy atom. The van der Waals surface area contributed by atoms with Gasteiger partial charge in [-0.15, -0.1) is 0 Å². The molecule has 0 atom stereocenters. The molecule has 0 unspecified atom stereocenters. The molecular weight excluding hydrogens is 243 g/mol. The van der Waals surface area contributed by atoms with Crippen LogP contribution in [0.2, 0.25) is 10.0 Å². The third kappa shape index (κ3) is 2.16. The van der Waals surface area contributed by atoms with Crippen molar-refractivity contribution in [3.05, 3.63) is 52.3 Å². The molecule has 16 heavy (non-hydrogen) atoms. The zero-order valence-electron chi connectivity index (χ0n) is 8.11. The maximum atomic E-state index is 8.64. The second-order valence-corrected chi connectivity index (χ2v) is 4.01. The Morgan fingerprint density at radius 1 is 1.12 bits per heavy atom. The Kier molecular flexibility index (Phi) is 3.09. The van der Waals surface area contributed by atoms with E-state index in [2.05, 4.69) is 4.98 Å². The number of aromatic nitrogens is 1. The minimum atomic E-state index is 0.377. The SMILES string of the molecule is N#Cc1ccc(-c2cc(Cl)ccc2Cl)cn1. The summed E-state index contributed by atoms with van der Waals surface area (Å²) in [7, 11) is 0. The van der Waals surface area contributed by atoms with E-state index in [1.165, 1.54) is 0 Å². The first-order chi connectivity index (χ1) is 7.70. The Balaban J connectivity index is 2.50. The van der Waals surface area contributed by atoms with Gasteiger partial charge in [0.05, 0.1) is 0 Å². The van der Waals surface area contributed by atoms with Crippen molar-refractivity contribution in [3.63, 3.8) is 0 Å². The van der Waals surface area contributed by atoms with Crippen LogP contribution in [0.25, 0.3) is 11.1 Å². The number of benzene rings is 1. The first kappa shape index (κ1) is 10.9. The molecule has 0 aliphatic rings. The van der Waals surface area contributed by atoms with Crippen molar-refractivity contribution >= 4 is 23.2 Å². The average Bonchev–Trinajstić information content (AvgIpc) is 2.32. The van der Waals surface area contributed by atoms with E-state index in [1.807, 2.05) is 6.07 Å². The molecule has 78 valence electrons. The molecule has 0 aliphatic carbocycles. The fraction of sp³-hybridized carbons (Fsp3) is 0. The van der Waals surface area contributed by atoms with Gasteiger partial charge in [0.1, 0.15) is 11.8 Å². The summed E-state index contributed by atoms with van der Waals surface area (Å²) in [5.74, 6) is 0. The second-order valence-electron chi connectivity index (χ2n) is 3.17. The van der Waals surface area contributed by atoms with Gasteiger partial charge in [0.15, 0.2) is 0 Å². The lowest BCUT2D eigenvalue weighted by atomic mass is 10.1. The summed E-state index contributed by atoms with van der Waals surface area (Å²) in [6, 6.07) is 10.6. The lowest BCUT2D eigenvalue weighted by Crippen LogP contribution is -1.84. The molecule has 0 bridgehead atoms. The predicted octanol–water partition coefficient (Wildman–Crippen LogP) is 3.93. The first-order valence-corrected chi connectivity index (χ1v) is 5.28. The molecule has 0 radical (unpaired) electrons. The molecule has 2 aromatic rings. The molecule has 4 heteroatoms. The van der Waals surface area contributed by atoms with Gasteiger partial charge in [-0.05, 0) is 30.3 Å². The summed E-state index contributed by atoms with van der Waals surface area (Å²) >= 11 is 11.9. The molecule has 0 saturated carbocycles. The van der Waals surface area contributed by atoms with Gasteiger partial charge in [0, 0.05) is 27.4 Å². The van der Waals surface area contributed by atoms with Gasteiger partial charge >= 0.3 is 0 Å². The number of pyridine rings is 1. The summed E-state index contributed by atoms with van der Waals surface area (Å²) in [6.07, 6.45) is 1.61. The quantitative estimate of drug-likeness (QED) is 0.767. The molecule has 0 N–H and O–H groups in total. The van der Waals surface area contributed by atoms with Crippen molar-refractivity contribution in [1.82, 2.24) is 4.98 Å². The van der Waals surface area contributed by atoms with Crippen LogP contribution >= 0.6 is 23.2 Å². The van der Waals surface area contributed by atoms with Crippen LogP contribution in [0.5, 0.6) is 0 Å². The maximum Gasteiger partial charge on any atom is 0.140 e. The molecule has 1 heterocycles. The minimum Gasteiger partial charge on any atom is -0.245 e. The van der Waals surface area contributed by atoms with Crippen LogP contribution in [0.4, 0.5) is 0 Å². The lowest BCUT2D eigenvalue weighted by Gasteiger charge is -2.04. The fourth-order valence-electron chi connectivity index (χ4n) is 1.34. The summed E-state index contributed by atoms with van der Waals surface area (Å²) < 4.78 is 0. The zero-order valence-corrected chi connectivity index (χ0v) is 9.63. The highest BCUT2D eigenvalue weighted by Crippen LogP contribution is 2.29. The third-order valence-corrected chi connectivity index (χ3v) is 2.68. The number of hydrogen-bond donors (Lipinski definition) is 0. The number of nitriles is 1. The zero-order chi connectivity index (χ0) is 11.5. The topological polar surface area (TPSA) is 36.7 Å². The van der Waals surface area contributed by atoms with E-state index in [9.17, 15) is 0 Å². The van der Waals surface area contributed by atoms with E-state index in [0.717, 1.165) is 11.1 Å². The molecule has 2 rings (SSSR count). The standard InChI is InChI=1S/C12H6Cl2N2/c13-9-2-4-12(14)11(5-9)8-1-3-10(6-15)16-7-8/h1-5,7H. The van der Waals surface area contributed by atoms with Gasteiger partial charge in [-0.3, -0.25) is 0 Å². The van der Waals surface area contributed by atoms with Gasteiger partial charge < -0.3 is 0 Å². The molecule has 0 aliphatic heterocycles. The molecule has 0 saturated heterocycles. The van der Waals surface area contributed by atoms with Crippen molar-refractivity contribution in [3.8, 4) is 17.2 Å². The molecule has 0 fully saturated rings. The van der Waals surface area contributed by atoms with Crippen LogP contribution in [0, 0.1) is 11.3 Å². The van der Waals surface area contributed by atoms with Crippen molar-refractivity contribution in [2.45, 2.75) is 0 Å². The molecule has 0 spiro atoms. The highest BCUT2D eigenvalue weighted by atomic mass is 35.5. The number of hydrogen-bond acceptors (Lipinski definition) is 2. The van der Waals surface area contributed by atoms with Gasteiger partial charge in [-0.1, -0.05) is 23.2 Å². The number of rotatable bonds is 1. The number of halogens is 2. The average molecular weight is 249 g/mol. The van der Waals surface area contributed by atoms with Crippen LogP contribution in [0.3, 0.4) is 0 Å². The van der Waals surface area contributed by atoms with Crippen LogP contribution in [-0.4, -0.2) is 4.98 Å². The van der Waals surface area contributed by atoms with Crippen molar-refractivity contribution in [1.29, 1.82) is 5.26 Å². The lowest BCUT2D eigenvalue weighted by molar-refractivity contribution is 1.26. The molecule has 1 aromatic carbocycles. The largest absolute Gasteiger partial charge is 0.245 e. The van der Waals surface area contributed by atoms with Crippen LogP contribution in [0.15, 0.2) is 36.5 Å². The summed E-state index contributed by atoms with van der Waals surface area (Å²) in [5, 5.41) is 9.86. The molecule has 1 aromatic heterocycles. The Hall–Kier alpha value is -1.56.